The fourth-order valence-corrected chi connectivity index (χ4v) is 3.89. The van der Waals surface area contributed by atoms with E-state index in [0.717, 1.165) is 27.5 Å². The summed E-state index contributed by atoms with van der Waals surface area (Å²) in [6.45, 7) is 6.07. The first-order chi connectivity index (χ1) is 13.0. The third kappa shape index (κ3) is 4.28. The van der Waals surface area contributed by atoms with E-state index in [0.29, 0.717) is 12.1 Å². The van der Waals surface area contributed by atoms with Gasteiger partial charge in [-0.25, -0.2) is 4.79 Å². The second kappa shape index (κ2) is 8.22. The highest BCUT2D eigenvalue weighted by molar-refractivity contribution is 7.13. The van der Waals surface area contributed by atoms with E-state index in [1.807, 2.05) is 67.1 Å². The highest BCUT2D eigenvalue weighted by Gasteiger charge is 2.19. The molecule has 0 radical (unpaired) electrons. The van der Waals surface area contributed by atoms with Crippen LogP contribution in [0.1, 0.15) is 32.9 Å². The Kier molecular flexibility index (Phi) is 5.76. The average Bonchev–Trinajstić information content (AvgIpc) is 3.25. The van der Waals surface area contributed by atoms with Crippen molar-refractivity contribution in [3.05, 3.63) is 75.9 Å². The predicted octanol–water partition coefficient (Wildman–Crippen LogP) is 3.94. The summed E-state index contributed by atoms with van der Waals surface area (Å²) in [6.07, 6.45) is 0. The first kappa shape index (κ1) is 18.9. The molecular formula is C21H22N2O3S. The number of benzene rings is 1. The van der Waals surface area contributed by atoms with Crippen LogP contribution in [0.25, 0.3) is 5.00 Å². The van der Waals surface area contributed by atoms with E-state index in [1.54, 1.807) is 6.07 Å². The summed E-state index contributed by atoms with van der Waals surface area (Å²) in [7, 11) is 0. The molecule has 0 unspecified atom stereocenters. The summed E-state index contributed by atoms with van der Waals surface area (Å²) in [5, 5.41) is 5.44. The minimum Gasteiger partial charge on any atom is -0.452 e. The molecule has 27 heavy (non-hydrogen) atoms. The second-order valence-electron chi connectivity index (χ2n) is 6.37. The largest absolute Gasteiger partial charge is 0.452 e. The van der Waals surface area contributed by atoms with Crippen LogP contribution in [0.3, 0.4) is 0 Å². The van der Waals surface area contributed by atoms with Crippen molar-refractivity contribution in [1.29, 1.82) is 0 Å². The van der Waals surface area contributed by atoms with Crippen LogP contribution >= 0.6 is 11.3 Å². The molecule has 1 N–H and O–H groups in total. The number of hydrogen-bond acceptors (Lipinski definition) is 4. The lowest BCUT2D eigenvalue weighted by Crippen LogP contribution is -2.28. The molecule has 3 aromatic rings. The van der Waals surface area contributed by atoms with E-state index >= 15 is 0 Å². The molecule has 0 atom stereocenters. The van der Waals surface area contributed by atoms with Gasteiger partial charge in [0.1, 0.15) is 5.00 Å². The number of carbonyl (C=O) groups is 2. The van der Waals surface area contributed by atoms with Crippen molar-refractivity contribution < 1.29 is 14.3 Å². The van der Waals surface area contributed by atoms with E-state index < -0.39 is 5.97 Å². The lowest BCUT2D eigenvalue weighted by molar-refractivity contribution is -0.124. The summed E-state index contributed by atoms with van der Waals surface area (Å²) in [5.74, 6) is -0.818. The van der Waals surface area contributed by atoms with Crippen molar-refractivity contribution in [3.8, 4) is 5.00 Å². The quantitative estimate of drug-likeness (QED) is 0.657. The summed E-state index contributed by atoms with van der Waals surface area (Å²) >= 11 is 1.47. The number of nitrogens with one attached hydrogen (secondary N) is 1. The van der Waals surface area contributed by atoms with Gasteiger partial charge in [0.2, 0.25) is 0 Å². The molecule has 140 valence electrons. The van der Waals surface area contributed by atoms with Crippen molar-refractivity contribution in [2.45, 2.75) is 27.3 Å². The molecule has 0 aliphatic rings. The summed E-state index contributed by atoms with van der Waals surface area (Å²) in [4.78, 5) is 24.5. The highest BCUT2D eigenvalue weighted by Crippen LogP contribution is 2.26. The van der Waals surface area contributed by atoms with Gasteiger partial charge in [0.25, 0.3) is 5.91 Å². The molecule has 0 saturated heterocycles. The highest BCUT2D eigenvalue weighted by atomic mass is 32.1. The van der Waals surface area contributed by atoms with Gasteiger partial charge < -0.3 is 14.6 Å². The lowest BCUT2D eigenvalue weighted by atomic mass is 10.1. The molecular weight excluding hydrogens is 360 g/mol. The molecule has 0 fully saturated rings. The van der Waals surface area contributed by atoms with Crippen LogP contribution in [0.15, 0.2) is 47.8 Å². The molecule has 0 saturated carbocycles. The number of aryl methyl sites for hydroxylation is 3. The van der Waals surface area contributed by atoms with Crippen LogP contribution in [-0.4, -0.2) is 23.1 Å². The fourth-order valence-electron chi connectivity index (χ4n) is 2.88. The standard InChI is InChI=1S/C21H22N2O3S/c1-14-6-4-5-7-17(14)12-22-19(24)13-26-21(25)18-10-11-27-20(18)23-15(2)8-9-16(23)3/h4-11H,12-13H2,1-3H3,(H,22,24). The number of carbonyl (C=O) groups excluding carboxylic acids is 2. The molecule has 0 bridgehead atoms. The molecule has 2 heterocycles. The van der Waals surface area contributed by atoms with Gasteiger partial charge in [-0.2, -0.15) is 0 Å². The Hall–Kier alpha value is -2.86. The Morgan fingerprint density at radius 3 is 2.44 bits per heavy atom. The Labute approximate surface area is 162 Å². The number of amides is 1. The molecule has 0 aliphatic carbocycles. The van der Waals surface area contributed by atoms with Gasteiger partial charge in [-0.05, 0) is 55.5 Å². The molecule has 3 rings (SSSR count). The first-order valence-electron chi connectivity index (χ1n) is 8.68. The second-order valence-corrected chi connectivity index (χ2v) is 7.26. The van der Waals surface area contributed by atoms with Crippen LogP contribution in [0.5, 0.6) is 0 Å². The molecule has 1 amide bonds. The molecule has 5 nitrogen and oxygen atoms in total. The van der Waals surface area contributed by atoms with Gasteiger partial charge in [-0.1, -0.05) is 24.3 Å². The molecule has 2 aromatic heterocycles. The number of hydrogen-bond donors (Lipinski definition) is 1. The van der Waals surface area contributed by atoms with Gasteiger partial charge in [-0.3, -0.25) is 4.79 Å². The summed E-state index contributed by atoms with van der Waals surface area (Å²) < 4.78 is 7.24. The number of esters is 1. The maximum absolute atomic E-state index is 12.5. The van der Waals surface area contributed by atoms with Crippen LogP contribution in [-0.2, 0) is 16.1 Å². The van der Waals surface area contributed by atoms with Crippen LogP contribution in [0.2, 0.25) is 0 Å². The Balaban J connectivity index is 1.60. The molecule has 6 heteroatoms. The van der Waals surface area contributed by atoms with Gasteiger partial charge in [-0.15, -0.1) is 11.3 Å². The molecule has 0 spiro atoms. The number of ether oxygens (including phenoxy) is 1. The van der Waals surface area contributed by atoms with Crippen molar-refractivity contribution in [2.24, 2.45) is 0 Å². The maximum atomic E-state index is 12.5. The zero-order valence-electron chi connectivity index (χ0n) is 15.6. The van der Waals surface area contributed by atoms with Gasteiger partial charge in [0.05, 0.1) is 5.56 Å². The minimum absolute atomic E-state index is 0.302. The third-order valence-electron chi connectivity index (χ3n) is 4.41. The normalized spacial score (nSPS) is 10.6. The smallest absolute Gasteiger partial charge is 0.341 e. The molecule has 1 aromatic carbocycles. The number of aromatic nitrogens is 1. The number of rotatable bonds is 6. The number of thiophene rings is 1. The SMILES string of the molecule is Cc1ccccc1CNC(=O)COC(=O)c1ccsc1-n1c(C)ccc1C. The van der Waals surface area contributed by atoms with Gasteiger partial charge in [0.15, 0.2) is 6.61 Å². The van der Waals surface area contributed by atoms with E-state index in [1.165, 1.54) is 11.3 Å². The zero-order chi connectivity index (χ0) is 19.4. The minimum atomic E-state index is -0.496. The number of nitrogens with zero attached hydrogens (tertiary/aromatic N) is 1. The lowest BCUT2D eigenvalue weighted by Gasteiger charge is -2.11. The summed E-state index contributed by atoms with van der Waals surface area (Å²) in [6, 6.07) is 13.6. The maximum Gasteiger partial charge on any atom is 0.341 e. The first-order valence-corrected chi connectivity index (χ1v) is 9.56. The Morgan fingerprint density at radius 1 is 1.04 bits per heavy atom. The Morgan fingerprint density at radius 2 is 1.74 bits per heavy atom. The van der Waals surface area contributed by atoms with Gasteiger partial charge >= 0.3 is 5.97 Å². The third-order valence-corrected chi connectivity index (χ3v) is 5.31. The predicted molar refractivity (Wildman–Crippen MR) is 106 cm³/mol. The van der Waals surface area contributed by atoms with Crippen molar-refractivity contribution >= 4 is 23.2 Å². The van der Waals surface area contributed by atoms with Crippen LogP contribution in [0, 0.1) is 20.8 Å². The van der Waals surface area contributed by atoms with E-state index in [-0.39, 0.29) is 12.5 Å². The molecule has 0 aliphatic heterocycles. The van der Waals surface area contributed by atoms with Crippen molar-refractivity contribution in [3.63, 3.8) is 0 Å². The van der Waals surface area contributed by atoms with Crippen molar-refractivity contribution in [2.75, 3.05) is 6.61 Å². The Bertz CT molecular complexity index is 952. The fraction of sp³-hybridized carbons (Fsp3) is 0.238. The van der Waals surface area contributed by atoms with Gasteiger partial charge in [0, 0.05) is 17.9 Å². The van der Waals surface area contributed by atoms with Crippen molar-refractivity contribution in [1.82, 2.24) is 9.88 Å². The summed E-state index contributed by atoms with van der Waals surface area (Å²) in [5.41, 5.74) is 4.69. The van der Waals surface area contributed by atoms with E-state index in [2.05, 4.69) is 5.32 Å². The van der Waals surface area contributed by atoms with E-state index in [9.17, 15) is 9.59 Å². The topological polar surface area (TPSA) is 60.3 Å². The zero-order valence-corrected chi connectivity index (χ0v) is 16.4. The van der Waals surface area contributed by atoms with Crippen LogP contribution in [0.4, 0.5) is 0 Å². The van der Waals surface area contributed by atoms with E-state index in [4.69, 9.17) is 4.74 Å². The monoisotopic (exact) mass is 382 g/mol. The van der Waals surface area contributed by atoms with Crippen LogP contribution < -0.4 is 5.32 Å². The average molecular weight is 382 g/mol.